The summed E-state index contributed by atoms with van der Waals surface area (Å²) in [5.41, 5.74) is 6.36. The van der Waals surface area contributed by atoms with Gasteiger partial charge >= 0.3 is 0 Å². The molecule has 0 aliphatic carbocycles. The van der Waals surface area contributed by atoms with E-state index in [0.717, 1.165) is 44.2 Å². The van der Waals surface area contributed by atoms with E-state index in [-0.39, 0.29) is 0 Å². The summed E-state index contributed by atoms with van der Waals surface area (Å²) < 4.78 is 0. The van der Waals surface area contributed by atoms with Gasteiger partial charge in [0.2, 0.25) is 0 Å². The molecule has 2 aromatic rings. The predicted molar refractivity (Wildman–Crippen MR) is 143 cm³/mol. The zero-order valence-electron chi connectivity index (χ0n) is 21.2. The highest BCUT2D eigenvalue weighted by Gasteiger charge is 2.17. The molecule has 2 aromatic carbocycles. The van der Waals surface area contributed by atoms with E-state index in [4.69, 9.17) is 4.99 Å². The van der Waals surface area contributed by atoms with E-state index in [0.29, 0.717) is 0 Å². The molecule has 0 spiro atoms. The molecule has 0 aromatic heterocycles. The molecule has 1 aliphatic rings. The summed E-state index contributed by atoms with van der Waals surface area (Å²) in [6.45, 7) is 12.9. The van der Waals surface area contributed by atoms with Gasteiger partial charge in [-0.15, -0.1) is 0 Å². The zero-order chi connectivity index (χ0) is 23.5. The molecule has 0 radical (unpaired) electrons. The Bertz CT molecular complexity index is 908. The van der Waals surface area contributed by atoms with Crippen molar-refractivity contribution in [3.63, 3.8) is 0 Å². The summed E-state index contributed by atoms with van der Waals surface area (Å²) in [6.07, 6.45) is 9.59. The van der Waals surface area contributed by atoms with E-state index in [1.807, 2.05) is 0 Å². The van der Waals surface area contributed by atoms with E-state index >= 15 is 0 Å². The number of nitrogens with one attached hydrogen (secondary N) is 1. The van der Waals surface area contributed by atoms with Crippen LogP contribution in [0.4, 0.5) is 0 Å². The average molecular weight is 446 g/mol. The molecule has 3 heteroatoms. The molecule has 3 nitrogen and oxygen atoms in total. The van der Waals surface area contributed by atoms with Crippen molar-refractivity contribution in [2.24, 2.45) is 10.9 Å². The van der Waals surface area contributed by atoms with E-state index in [2.05, 4.69) is 92.5 Å². The molecule has 178 valence electrons. The van der Waals surface area contributed by atoms with Crippen LogP contribution >= 0.6 is 0 Å². The number of nitrogens with zero attached hydrogens (tertiary/aromatic N) is 2. The van der Waals surface area contributed by atoms with Crippen LogP contribution in [-0.4, -0.2) is 23.8 Å². The fourth-order valence-electron chi connectivity index (χ4n) is 4.26. The van der Waals surface area contributed by atoms with Crippen molar-refractivity contribution in [1.29, 1.82) is 0 Å². The van der Waals surface area contributed by atoms with Gasteiger partial charge in [0.05, 0.1) is 5.70 Å². The SMILES string of the molecule is CCCCC1=NC(c2ccc(C)cc2)=CCN1Cc1cccc(CNCCCCC(C)C)c1. The molecule has 0 atom stereocenters. The van der Waals surface area contributed by atoms with Gasteiger partial charge in [0.25, 0.3) is 0 Å². The second-order valence-electron chi connectivity index (χ2n) is 9.85. The number of hydrogen-bond donors (Lipinski definition) is 1. The van der Waals surface area contributed by atoms with Gasteiger partial charge in [-0.2, -0.15) is 0 Å². The van der Waals surface area contributed by atoms with Gasteiger partial charge in [0, 0.05) is 26.1 Å². The van der Waals surface area contributed by atoms with Gasteiger partial charge < -0.3 is 10.2 Å². The molecule has 3 rings (SSSR count). The summed E-state index contributed by atoms with van der Waals surface area (Å²) in [4.78, 5) is 7.55. The lowest BCUT2D eigenvalue weighted by atomic mass is 10.1. The fourth-order valence-corrected chi connectivity index (χ4v) is 4.26. The number of hydrogen-bond acceptors (Lipinski definition) is 3. The molecule has 0 saturated heterocycles. The third kappa shape index (κ3) is 8.47. The summed E-state index contributed by atoms with van der Waals surface area (Å²) in [5, 5.41) is 3.62. The topological polar surface area (TPSA) is 27.6 Å². The van der Waals surface area contributed by atoms with Crippen LogP contribution in [-0.2, 0) is 13.1 Å². The Labute approximate surface area is 202 Å². The third-order valence-corrected chi connectivity index (χ3v) is 6.30. The van der Waals surface area contributed by atoms with Crippen molar-refractivity contribution < 1.29 is 0 Å². The van der Waals surface area contributed by atoms with Gasteiger partial charge in [-0.1, -0.05) is 94.1 Å². The maximum atomic E-state index is 5.10. The summed E-state index contributed by atoms with van der Waals surface area (Å²) in [7, 11) is 0. The van der Waals surface area contributed by atoms with Crippen LogP contribution in [0.1, 0.15) is 81.5 Å². The van der Waals surface area contributed by atoms with Gasteiger partial charge in [-0.25, -0.2) is 4.99 Å². The molecular weight excluding hydrogens is 402 g/mol. The highest BCUT2D eigenvalue weighted by molar-refractivity contribution is 5.90. The van der Waals surface area contributed by atoms with E-state index in [1.54, 1.807) is 0 Å². The first-order chi connectivity index (χ1) is 16.0. The van der Waals surface area contributed by atoms with Gasteiger partial charge in [0.15, 0.2) is 0 Å². The van der Waals surface area contributed by atoms with E-state index in [9.17, 15) is 0 Å². The van der Waals surface area contributed by atoms with Crippen LogP contribution in [0.3, 0.4) is 0 Å². The van der Waals surface area contributed by atoms with Crippen LogP contribution in [0.2, 0.25) is 0 Å². The maximum absolute atomic E-state index is 5.10. The monoisotopic (exact) mass is 445 g/mol. The number of benzene rings is 2. The second kappa shape index (κ2) is 13.3. The molecule has 0 saturated carbocycles. The first-order valence-electron chi connectivity index (χ1n) is 12.9. The highest BCUT2D eigenvalue weighted by Crippen LogP contribution is 2.23. The number of amidine groups is 1. The summed E-state index contributed by atoms with van der Waals surface area (Å²) >= 11 is 0. The van der Waals surface area contributed by atoms with Gasteiger partial charge in [-0.05, 0) is 55.0 Å². The van der Waals surface area contributed by atoms with Gasteiger partial charge in [0.1, 0.15) is 5.84 Å². The van der Waals surface area contributed by atoms with Crippen LogP contribution in [0.5, 0.6) is 0 Å². The normalized spacial score (nSPS) is 13.9. The standard InChI is InChI=1S/C30H43N3/c1-5-6-13-30-32-29(28-16-14-25(4)15-17-28)18-20-33(30)23-27-12-9-11-26(21-27)22-31-19-8-7-10-24(2)3/h9,11-12,14-18,21,24,31H,5-8,10,13,19-20,22-23H2,1-4H3. The minimum Gasteiger partial charge on any atom is -0.352 e. The minimum atomic E-state index is 0.810. The van der Waals surface area contributed by atoms with Crippen LogP contribution in [0, 0.1) is 12.8 Å². The van der Waals surface area contributed by atoms with E-state index < -0.39 is 0 Å². The lowest BCUT2D eigenvalue weighted by Gasteiger charge is -2.29. The smallest absolute Gasteiger partial charge is 0.105 e. The molecule has 1 aliphatic heterocycles. The molecule has 0 unspecified atom stereocenters. The summed E-state index contributed by atoms with van der Waals surface area (Å²) in [6, 6.07) is 17.8. The number of aryl methyl sites for hydroxylation is 1. The van der Waals surface area contributed by atoms with Crippen LogP contribution in [0.15, 0.2) is 59.6 Å². The van der Waals surface area contributed by atoms with Gasteiger partial charge in [-0.3, -0.25) is 0 Å². The minimum absolute atomic E-state index is 0.810. The molecule has 0 amide bonds. The number of rotatable bonds is 13. The Morgan fingerprint density at radius 1 is 1.00 bits per heavy atom. The van der Waals surface area contributed by atoms with Crippen molar-refractivity contribution >= 4 is 11.5 Å². The van der Waals surface area contributed by atoms with Crippen molar-refractivity contribution in [3.05, 3.63) is 76.9 Å². The van der Waals surface area contributed by atoms with Crippen molar-refractivity contribution in [2.75, 3.05) is 13.1 Å². The third-order valence-electron chi connectivity index (χ3n) is 6.30. The molecule has 0 bridgehead atoms. The largest absolute Gasteiger partial charge is 0.352 e. The maximum Gasteiger partial charge on any atom is 0.105 e. The Morgan fingerprint density at radius 2 is 1.79 bits per heavy atom. The number of aliphatic imine (C=N–C) groups is 1. The number of unbranched alkanes of at least 4 members (excludes halogenated alkanes) is 2. The zero-order valence-corrected chi connectivity index (χ0v) is 21.2. The Balaban J connectivity index is 1.59. The quantitative estimate of drug-likeness (QED) is 0.326. The van der Waals surface area contributed by atoms with Crippen molar-refractivity contribution in [3.8, 4) is 0 Å². The first kappa shape index (κ1) is 25.2. The second-order valence-corrected chi connectivity index (χ2v) is 9.85. The Morgan fingerprint density at radius 3 is 2.55 bits per heavy atom. The lowest BCUT2D eigenvalue weighted by molar-refractivity contribution is 0.439. The first-order valence-corrected chi connectivity index (χ1v) is 12.9. The Kier molecular flexibility index (Phi) is 10.2. The highest BCUT2D eigenvalue weighted by atomic mass is 15.2. The lowest BCUT2D eigenvalue weighted by Crippen LogP contribution is -2.33. The van der Waals surface area contributed by atoms with Crippen LogP contribution in [0.25, 0.3) is 5.70 Å². The predicted octanol–water partition coefficient (Wildman–Crippen LogP) is 7.36. The molecule has 33 heavy (non-hydrogen) atoms. The molecule has 1 N–H and O–H groups in total. The van der Waals surface area contributed by atoms with Crippen molar-refractivity contribution in [2.45, 2.75) is 79.3 Å². The molecule has 0 fully saturated rings. The Hall–Kier alpha value is -2.39. The van der Waals surface area contributed by atoms with Crippen LogP contribution < -0.4 is 5.32 Å². The molecular formula is C30H43N3. The summed E-state index contributed by atoms with van der Waals surface area (Å²) in [5.74, 6) is 2.04. The fraction of sp³-hybridized carbons (Fsp3) is 0.500. The van der Waals surface area contributed by atoms with E-state index in [1.165, 1.54) is 60.2 Å². The molecule has 1 heterocycles. The average Bonchev–Trinajstić information content (AvgIpc) is 2.81. The van der Waals surface area contributed by atoms with Crippen molar-refractivity contribution in [1.82, 2.24) is 10.2 Å².